The molecule has 2 rings (SSSR count). The number of hydrogen-bond donors (Lipinski definition) is 1. The number of morpholine rings is 1. The highest BCUT2D eigenvalue weighted by atomic mass is 79.9. The van der Waals surface area contributed by atoms with Crippen LogP contribution in [0.25, 0.3) is 0 Å². The van der Waals surface area contributed by atoms with Crippen LogP contribution < -0.4 is 4.90 Å². The van der Waals surface area contributed by atoms with Gasteiger partial charge in [-0.05, 0) is 29.8 Å². The van der Waals surface area contributed by atoms with Gasteiger partial charge in [0.1, 0.15) is 12.0 Å². The van der Waals surface area contributed by atoms with Gasteiger partial charge in [0, 0.05) is 19.2 Å². The molecule has 1 N–H and O–H groups in total. The Morgan fingerprint density at radius 3 is 2.95 bits per heavy atom. The van der Waals surface area contributed by atoms with Crippen molar-refractivity contribution in [2.24, 2.45) is 0 Å². The summed E-state index contributed by atoms with van der Waals surface area (Å²) < 4.78 is 6.29. The Morgan fingerprint density at radius 1 is 1.70 bits per heavy atom. The van der Waals surface area contributed by atoms with Crippen LogP contribution in [0.15, 0.2) is 16.7 Å². The van der Waals surface area contributed by atoms with Crippen molar-refractivity contribution in [2.75, 3.05) is 24.6 Å². The highest BCUT2D eigenvalue weighted by molar-refractivity contribution is 9.10. The molecule has 110 valence electrons. The first-order valence-corrected chi connectivity index (χ1v) is 6.95. The van der Waals surface area contributed by atoms with Crippen molar-refractivity contribution in [2.45, 2.75) is 25.6 Å². The molecule has 0 bridgehead atoms. The van der Waals surface area contributed by atoms with E-state index in [-0.39, 0.29) is 18.4 Å². The fourth-order valence-corrected chi connectivity index (χ4v) is 2.89. The Labute approximate surface area is 124 Å². The minimum absolute atomic E-state index is 0.0631. The molecule has 1 aromatic rings. The molecule has 0 radical (unpaired) electrons. The molecule has 7 nitrogen and oxygen atoms in total. The lowest BCUT2D eigenvalue weighted by molar-refractivity contribution is -0.385. The average Bonchev–Trinajstić information content (AvgIpc) is 2.36. The lowest BCUT2D eigenvalue weighted by Gasteiger charge is -2.43. The summed E-state index contributed by atoms with van der Waals surface area (Å²) in [5, 5.41) is 20.0. The van der Waals surface area contributed by atoms with Crippen LogP contribution in [0.1, 0.15) is 13.8 Å². The Balaban J connectivity index is 2.28. The molecule has 1 saturated heterocycles. The first kappa shape index (κ1) is 15.1. The highest BCUT2D eigenvalue weighted by Crippen LogP contribution is 2.31. The molecule has 2 heterocycles. The molecule has 1 aliphatic heterocycles. The van der Waals surface area contributed by atoms with Crippen molar-refractivity contribution >= 4 is 27.4 Å². The van der Waals surface area contributed by atoms with Crippen LogP contribution in [0.2, 0.25) is 0 Å². The van der Waals surface area contributed by atoms with E-state index in [9.17, 15) is 15.2 Å². The lowest BCUT2D eigenvalue weighted by atomic mass is 10.1. The number of nitro groups is 1. The first-order valence-electron chi connectivity index (χ1n) is 6.16. The standard InChI is InChI=1S/C12H16BrN3O4/c1-12(2)7-15(5-9(6-17)20-12)11-10(13)3-8(4-14-11)16(18)19/h3-4,9,17H,5-7H2,1-2H3. The summed E-state index contributed by atoms with van der Waals surface area (Å²) in [6.45, 7) is 4.86. The molecule has 20 heavy (non-hydrogen) atoms. The van der Waals surface area contributed by atoms with E-state index in [2.05, 4.69) is 20.9 Å². The Kier molecular flexibility index (Phi) is 4.26. The van der Waals surface area contributed by atoms with E-state index >= 15 is 0 Å². The molecule has 1 atom stereocenters. The number of rotatable bonds is 3. The first-order chi connectivity index (χ1) is 9.32. The van der Waals surface area contributed by atoms with E-state index in [1.165, 1.54) is 12.3 Å². The van der Waals surface area contributed by atoms with Crippen molar-refractivity contribution in [1.82, 2.24) is 4.98 Å². The number of halogens is 1. The van der Waals surface area contributed by atoms with Crippen LogP contribution >= 0.6 is 15.9 Å². The molecule has 0 saturated carbocycles. The van der Waals surface area contributed by atoms with Gasteiger partial charge in [0.25, 0.3) is 5.69 Å². The molecule has 0 aromatic carbocycles. The quantitative estimate of drug-likeness (QED) is 0.662. The third-order valence-electron chi connectivity index (χ3n) is 3.00. The lowest BCUT2D eigenvalue weighted by Crippen LogP contribution is -2.54. The van der Waals surface area contributed by atoms with Crippen molar-refractivity contribution in [3.8, 4) is 0 Å². The van der Waals surface area contributed by atoms with Gasteiger partial charge in [-0.1, -0.05) is 0 Å². The summed E-state index contributed by atoms with van der Waals surface area (Å²) in [6.07, 6.45) is 0.930. The second-order valence-electron chi connectivity index (χ2n) is 5.32. The summed E-state index contributed by atoms with van der Waals surface area (Å²) in [4.78, 5) is 16.3. The summed E-state index contributed by atoms with van der Waals surface area (Å²) >= 11 is 3.32. The molecule has 1 aliphatic rings. The van der Waals surface area contributed by atoms with Crippen LogP contribution in [0.4, 0.5) is 11.5 Å². The number of pyridine rings is 1. The zero-order chi connectivity index (χ0) is 14.9. The normalized spacial score (nSPS) is 21.8. The van der Waals surface area contributed by atoms with E-state index in [4.69, 9.17) is 4.74 Å². The summed E-state index contributed by atoms with van der Waals surface area (Å²) in [6, 6.07) is 1.43. The number of nitrogens with zero attached hydrogens (tertiary/aromatic N) is 3. The number of aromatic nitrogens is 1. The van der Waals surface area contributed by atoms with Crippen molar-refractivity contribution < 1.29 is 14.8 Å². The largest absolute Gasteiger partial charge is 0.394 e. The van der Waals surface area contributed by atoms with Gasteiger partial charge in [0.05, 0.1) is 27.7 Å². The van der Waals surface area contributed by atoms with Crippen LogP contribution in [0.3, 0.4) is 0 Å². The maximum Gasteiger partial charge on any atom is 0.288 e. The minimum Gasteiger partial charge on any atom is -0.394 e. The van der Waals surface area contributed by atoms with E-state index in [0.717, 1.165) is 0 Å². The van der Waals surface area contributed by atoms with Gasteiger partial charge in [-0.3, -0.25) is 10.1 Å². The van der Waals surface area contributed by atoms with Gasteiger partial charge in [-0.15, -0.1) is 0 Å². The molecule has 0 spiro atoms. The Bertz CT molecular complexity index is 523. The van der Waals surface area contributed by atoms with E-state index in [0.29, 0.717) is 23.4 Å². The monoisotopic (exact) mass is 345 g/mol. The molecule has 8 heteroatoms. The molecule has 1 unspecified atom stereocenters. The predicted molar refractivity (Wildman–Crippen MR) is 76.8 cm³/mol. The van der Waals surface area contributed by atoms with Gasteiger partial charge >= 0.3 is 0 Å². The molecule has 1 aromatic heterocycles. The number of aliphatic hydroxyl groups excluding tert-OH is 1. The number of aliphatic hydroxyl groups is 1. The van der Waals surface area contributed by atoms with Crippen LogP contribution in [0.5, 0.6) is 0 Å². The molecule has 0 amide bonds. The summed E-state index contributed by atoms with van der Waals surface area (Å²) in [5.74, 6) is 0.616. The average molecular weight is 346 g/mol. The number of hydrogen-bond acceptors (Lipinski definition) is 6. The van der Waals surface area contributed by atoms with Crippen LogP contribution in [0, 0.1) is 10.1 Å². The highest BCUT2D eigenvalue weighted by Gasteiger charge is 2.34. The third kappa shape index (κ3) is 3.25. The summed E-state index contributed by atoms with van der Waals surface area (Å²) in [7, 11) is 0. The molecule has 1 fully saturated rings. The van der Waals surface area contributed by atoms with E-state index < -0.39 is 10.5 Å². The second kappa shape index (κ2) is 5.63. The zero-order valence-electron chi connectivity index (χ0n) is 11.2. The van der Waals surface area contributed by atoms with Crippen LogP contribution in [-0.2, 0) is 4.74 Å². The number of ether oxygens (including phenoxy) is 1. The maximum absolute atomic E-state index is 10.7. The van der Waals surface area contributed by atoms with Gasteiger partial charge in [-0.25, -0.2) is 4.98 Å². The molecular weight excluding hydrogens is 330 g/mol. The minimum atomic E-state index is -0.485. The van der Waals surface area contributed by atoms with Gasteiger partial charge in [0.2, 0.25) is 0 Å². The van der Waals surface area contributed by atoms with E-state index in [1.807, 2.05) is 18.7 Å². The van der Waals surface area contributed by atoms with Gasteiger partial charge in [-0.2, -0.15) is 0 Å². The Morgan fingerprint density at radius 2 is 2.40 bits per heavy atom. The topological polar surface area (TPSA) is 88.7 Å². The molecule has 0 aliphatic carbocycles. The van der Waals surface area contributed by atoms with E-state index in [1.54, 1.807) is 0 Å². The van der Waals surface area contributed by atoms with Gasteiger partial charge in [0.15, 0.2) is 0 Å². The van der Waals surface area contributed by atoms with Crippen molar-refractivity contribution in [1.29, 1.82) is 0 Å². The maximum atomic E-state index is 10.7. The second-order valence-corrected chi connectivity index (χ2v) is 6.17. The zero-order valence-corrected chi connectivity index (χ0v) is 12.8. The fraction of sp³-hybridized carbons (Fsp3) is 0.583. The third-order valence-corrected chi connectivity index (χ3v) is 3.59. The van der Waals surface area contributed by atoms with Crippen molar-refractivity contribution in [3.05, 3.63) is 26.9 Å². The molecular formula is C12H16BrN3O4. The van der Waals surface area contributed by atoms with Crippen LogP contribution in [-0.4, -0.2) is 46.4 Å². The Hall–Kier alpha value is -1.25. The predicted octanol–water partition coefficient (Wildman–Crippen LogP) is 1.73. The smallest absolute Gasteiger partial charge is 0.288 e. The number of anilines is 1. The van der Waals surface area contributed by atoms with Gasteiger partial charge < -0.3 is 14.7 Å². The fourth-order valence-electron chi connectivity index (χ4n) is 2.31. The SMILES string of the molecule is CC1(C)CN(c2ncc([N+](=O)[O-])cc2Br)CC(CO)O1. The summed E-state index contributed by atoms with van der Waals surface area (Å²) in [5.41, 5.74) is -0.485. The van der Waals surface area contributed by atoms with Crippen molar-refractivity contribution in [3.63, 3.8) is 0 Å².